The highest BCUT2D eigenvalue weighted by molar-refractivity contribution is 5.91. The zero-order chi connectivity index (χ0) is 16.8. The summed E-state index contributed by atoms with van der Waals surface area (Å²) >= 11 is 0. The zero-order valence-electron chi connectivity index (χ0n) is 12.8. The molecule has 1 aromatic carbocycles. The van der Waals surface area contributed by atoms with Crippen LogP contribution >= 0.6 is 0 Å². The van der Waals surface area contributed by atoms with Crippen molar-refractivity contribution < 1.29 is 19.2 Å². The Morgan fingerprint density at radius 2 is 1.96 bits per heavy atom. The lowest BCUT2D eigenvalue weighted by atomic mass is 10.1. The van der Waals surface area contributed by atoms with E-state index in [0.717, 1.165) is 18.9 Å². The monoisotopic (exact) mass is 318 g/mol. The maximum atomic E-state index is 12.0. The van der Waals surface area contributed by atoms with Gasteiger partial charge in [0.25, 0.3) is 11.6 Å². The molecule has 2 rings (SSSR count). The summed E-state index contributed by atoms with van der Waals surface area (Å²) in [6.07, 6.45) is 3.47. The van der Waals surface area contributed by atoms with Gasteiger partial charge in [0, 0.05) is 25.2 Å². The van der Waals surface area contributed by atoms with Crippen molar-refractivity contribution in [3.8, 4) is 0 Å². The fourth-order valence-electron chi connectivity index (χ4n) is 2.41. The SMILES string of the molecule is C[C@@H](OC(=O)/C=C/c1ccccc1[N+](=O)[O-])C(=O)N1CCCC1. The summed E-state index contributed by atoms with van der Waals surface area (Å²) in [7, 11) is 0. The van der Waals surface area contributed by atoms with Crippen molar-refractivity contribution in [2.45, 2.75) is 25.9 Å². The van der Waals surface area contributed by atoms with Crippen LogP contribution in [0, 0.1) is 10.1 Å². The fraction of sp³-hybridized carbons (Fsp3) is 0.375. The van der Waals surface area contributed by atoms with E-state index in [-0.39, 0.29) is 11.6 Å². The fourth-order valence-corrected chi connectivity index (χ4v) is 2.41. The second-order valence-electron chi connectivity index (χ2n) is 5.26. The molecule has 0 bridgehead atoms. The maximum absolute atomic E-state index is 12.0. The Morgan fingerprint density at radius 3 is 2.61 bits per heavy atom. The van der Waals surface area contributed by atoms with Crippen LogP contribution in [0.2, 0.25) is 0 Å². The number of amides is 1. The van der Waals surface area contributed by atoms with Crippen molar-refractivity contribution in [3.05, 3.63) is 46.0 Å². The van der Waals surface area contributed by atoms with Crippen LogP contribution in [0.4, 0.5) is 5.69 Å². The first-order chi connectivity index (χ1) is 11.0. The highest BCUT2D eigenvalue weighted by Gasteiger charge is 2.25. The van der Waals surface area contributed by atoms with Crippen LogP contribution in [0.5, 0.6) is 0 Å². The molecule has 0 N–H and O–H groups in total. The molecule has 1 aliphatic heterocycles. The molecule has 122 valence electrons. The van der Waals surface area contributed by atoms with Crippen LogP contribution in [0.25, 0.3) is 6.08 Å². The predicted octanol–water partition coefficient (Wildman–Crippen LogP) is 2.16. The summed E-state index contributed by atoms with van der Waals surface area (Å²) in [5.74, 6) is -0.918. The molecule has 1 heterocycles. The van der Waals surface area contributed by atoms with Gasteiger partial charge in [-0.1, -0.05) is 12.1 Å². The molecule has 0 unspecified atom stereocenters. The van der Waals surface area contributed by atoms with Crippen LogP contribution in [0.15, 0.2) is 30.3 Å². The number of rotatable bonds is 5. The maximum Gasteiger partial charge on any atom is 0.331 e. The van der Waals surface area contributed by atoms with Crippen LogP contribution in [0.3, 0.4) is 0 Å². The van der Waals surface area contributed by atoms with Crippen molar-refractivity contribution in [3.63, 3.8) is 0 Å². The van der Waals surface area contributed by atoms with Crippen molar-refractivity contribution >= 4 is 23.6 Å². The van der Waals surface area contributed by atoms with E-state index in [9.17, 15) is 19.7 Å². The molecule has 0 radical (unpaired) electrons. The smallest absolute Gasteiger partial charge is 0.331 e. The molecular formula is C16H18N2O5. The Balaban J connectivity index is 1.96. The Morgan fingerprint density at radius 1 is 1.30 bits per heavy atom. The van der Waals surface area contributed by atoms with Gasteiger partial charge in [-0.15, -0.1) is 0 Å². The molecular weight excluding hydrogens is 300 g/mol. The van der Waals surface area contributed by atoms with Crippen molar-refractivity contribution in [2.75, 3.05) is 13.1 Å². The average molecular weight is 318 g/mol. The Kier molecular flexibility index (Phi) is 5.46. The first-order valence-electron chi connectivity index (χ1n) is 7.40. The Bertz CT molecular complexity index is 635. The van der Waals surface area contributed by atoms with Gasteiger partial charge in [-0.2, -0.15) is 0 Å². The minimum Gasteiger partial charge on any atom is -0.449 e. The topological polar surface area (TPSA) is 89.7 Å². The minimum absolute atomic E-state index is 0.0993. The third kappa shape index (κ3) is 4.38. The summed E-state index contributed by atoms with van der Waals surface area (Å²) in [4.78, 5) is 35.8. The van der Waals surface area contributed by atoms with Gasteiger partial charge in [0.1, 0.15) is 0 Å². The molecule has 23 heavy (non-hydrogen) atoms. The quantitative estimate of drug-likeness (QED) is 0.359. The number of carbonyl (C=O) groups is 2. The molecule has 7 nitrogen and oxygen atoms in total. The van der Waals surface area contributed by atoms with Gasteiger partial charge in [-0.05, 0) is 31.9 Å². The number of carbonyl (C=O) groups excluding carboxylic acids is 2. The number of hydrogen-bond donors (Lipinski definition) is 0. The van der Waals surface area contributed by atoms with Gasteiger partial charge < -0.3 is 9.64 Å². The van der Waals surface area contributed by atoms with E-state index in [4.69, 9.17) is 4.74 Å². The van der Waals surface area contributed by atoms with Crippen LogP contribution in [-0.2, 0) is 14.3 Å². The van der Waals surface area contributed by atoms with E-state index in [1.165, 1.54) is 25.1 Å². The second-order valence-corrected chi connectivity index (χ2v) is 5.26. The van der Waals surface area contributed by atoms with Gasteiger partial charge >= 0.3 is 5.97 Å². The van der Waals surface area contributed by atoms with Crippen molar-refractivity contribution in [1.29, 1.82) is 0 Å². The van der Waals surface area contributed by atoms with E-state index in [2.05, 4.69) is 0 Å². The lowest BCUT2D eigenvalue weighted by Gasteiger charge is -2.19. The molecule has 7 heteroatoms. The third-order valence-electron chi connectivity index (χ3n) is 3.59. The largest absolute Gasteiger partial charge is 0.449 e. The number of nitrogens with zero attached hydrogens (tertiary/aromatic N) is 2. The first-order valence-corrected chi connectivity index (χ1v) is 7.40. The molecule has 1 aliphatic rings. The molecule has 0 aliphatic carbocycles. The van der Waals surface area contributed by atoms with Gasteiger partial charge in [-0.3, -0.25) is 14.9 Å². The summed E-state index contributed by atoms with van der Waals surface area (Å²) in [5.41, 5.74) is 0.200. The number of nitro groups is 1. The number of esters is 1. The molecule has 1 aromatic rings. The number of nitro benzene ring substituents is 1. The van der Waals surface area contributed by atoms with Crippen molar-refractivity contribution in [1.82, 2.24) is 4.90 Å². The van der Waals surface area contributed by atoms with Crippen LogP contribution in [-0.4, -0.2) is 40.9 Å². The predicted molar refractivity (Wildman–Crippen MR) is 83.5 cm³/mol. The lowest BCUT2D eigenvalue weighted by molar-refractivity contribution is -0.385. The summed E-state index contributed by atoms with van der Waals surface area (Å²) in [6.45, 7) is 2.90. The van der Waals surface area contributed by atoms with Crippen LogP contribution < -0.4 is 0 Å². The summed E-state index contributed by atoms with van der Waals surface area (Å²) in [6, 6.07) is 6.06. The number of benzene rings is 1. The number of likely N-dealkylation sites (tertiary alicyclic amines) is 1. The zero-order valence-corrected chi connectivity index (χ0v) is 12.8. The van der Waals surface area contributed by atoms with Crippen LogP contribution in [0.1, 0.15) is 25.3 Å². The van der Waals surface area contributed by atoms with Gasteiger partial charge in [0.2, 0.25) is 0 Å². The molecule has 0 spiro atoms. The van der Waals surface area contributed by atoms with Gasteiger partial charge in [0.05, 0.1) is 10.5 Å². The lowest BCUT2D eigenvalue weighted by Crippen LogP contribution is -2.37. The van der Waals surface area contributed by atoms with E-state index >= 15 is 0 Å². The summed E-state index contributed by atoms with van der Waals surface area (Å²) in [5, 5.41) is 10.9. The highest BCUT2D eigenvalue weighted by atomic mass is 16.6. The standard InChI is InChI=1S/C16H18N2O5/c1-12(16(20)17-10-4-5-11-17)23-15(19)9-8-13-6-2-3-7-14(13)18(21)22/h2-3,6-9,12H,4-5,10-11H2,1H3/b9-8+/t12-/m1/s1. The molecule has 1 amide bonds. The minimum atomic E-state index is -0.865. The molecule has 0 saturated carbocycles. The first kappa shape index (κ1) is 16.7. The Labute approximate surface area is 133 Å². The van der Waals surface area contributed by atoms with E-state index in [0.29, 0.717) is 18.7 Å². The molecule has 0 aromatic heterocycles. The number of ether oxygens (including phenoxy) is 1. The van der Waals surface area contributed by atoms with E-state index in [1.807, 2.05) is 0 Å². The summed E-state index contributed by atoms with van der Waals surface area (Å²) < 4.78 is 5.06. The normalized spacial score (nSPS) is 15.6. The average Bonchev–Trinajstić information content (AvgIpc) is 3.06. The van der Waals surface area contributed by atoms with E-state index in [1.54, 1.807) is 17.0 Å². The van der Waals surface area contributed by atoms with E-state index < -0.39 is 17.0 Å². The molecule has 1 saturated heterocycles. The van der Waals surface area contributed by atoms with Gasteiger partial charge in [0.15, 0.2) is 6.10 Å². The number of hydrogen-bond acceptors (Lipinski definition) is 5. The highest BCUT2D eigenvalue weighted by Crippen LogP contribution is 2.19. The molecule has 1 fully saturated rings. The van der Waals surface area contributed by atoms with Gasteiger partial charge in [-0.25, -0.2) is 4.79 Å². The third-order valence-corrected chi connectivity index (χ3v) is 3.59. The second kappa shape index (κ2) is 7.53. The van der Waals surface area contributed by atoms with Crippen molar-refractivity contribution in [2.24, 2.45) is 0 Å². The molecule has 1 atom stereocenters. The number of para-hydroxylation sites is 1. The Hall–Kier alpha value is -2.70.